The Morgan fingerprint density at radius 2 is 2.09 bits per heavy atom. The first-order chi connectivity index (χ1) is 5.16. The fraction of sp³-hybridized carbons (Fsp3) is 0.400. The third-order valence-corrected chi connectivity index (χ3v) is 1.12. The smallest absolute Gasteiger partial charge is 0.0646 e. The van der Waals surface area contributed by atoms with Crippen LogP contribution < -0.4 is 0 Å². The minimum absolute atomic E-state index is 0.668. The van der Waals surface area contributed by atoms with E-state index in [9.17, 15) is 0 Å². The number of rotatable bonds is 4. The van der Waals surface area contributed by atoms with Crippen LogP contribution in [0.2, 0.25) is 0 Å². The van der Waals surface area contributed by atoms with Crippen LogP contribution in [0.15, 0.2) is 36.0 Å². The quantitative estimate of drug-likeness (QED) is 0.563. The van der Waals surface area contributed by atoms with E-state index < -0.39 is 0 Å². The molecule has 0 N–H and O–H groups in total. The summed E-state index contributed by atoms with van der Waals surface area (Å²) in [6.07, 6.45) is 6.04. The van der Waals surface area contributed by atoms with Crippen LogP contribution in [-0.2, 0) is 4.74 Å². The Morgan fingerprint density at radius 3 is 2.55 bits per heavy atom. The number of hydrogen-bond acceptors (Lipinski definition) is 1. The highest BCUT2D eigenvalue weighted by Crippen LogP contribution is 1.99. The molecule has 0 saturated heterocycles. The van der Waals surface area contributed by atoms with E-state index in [0.717, 1.165) is 5.57 Å². The lowest BCUT2D eigenvalue weighted by molar-refractivity contribution is 0.234. The van der Waals surface area contributed by atoms with Crippen LogP contribution in [0, 0.1) is 0 Å². The maximum Gasteiger partial charge on any atom is 0.0646 e. The maximum atomic E-state index is 4.86. The van der Waals surface area contributed by atoms with Gasteiger partial charge < -0.3 is 4.74 Å². The van der Waals surface area contributed by atoms with Gasteiger partial charge in [-0.3, -0.25) is 0 Å². The standard InChI is InChI=1S/C10H16O/c1-9(2)8-10(3)6-5-7-11-4/h5-6,8H,1,7H2,2-4H3/b6-5-,10-8-. The molecule has 0 spiro atoms. The summed E-state index contributed by atoms with van der Waals surface area (Å²) in [4.78, 5) is 0. The summed E-state index contributed by atoms with van der Waals surface area (Å²) in [5.74, 6) is 0. The largest absolute Gasteiger partial charge is 0.381 e. The van der Waals surface area contributed by atoms with Gasteiger partial charge in [-0.05, 0) is 13.8 Å². The second kappa shape index (κ2) is 5.93. The first kappa shape index (κ1) is 10.2. The molecule has 0 bridgehead atoms. The predicted molar refractivity (Wildman–Crippen MR) is 49.6 cm³/mol. The summed E-state index contributed by atoms with van der Waals surface area (Å²) >= 11 is 0. The van der Waals surface area contributed by atoms with Crippen LogP contribution in [0.1, 0.15) is 13.8 Å². The van der Waals surface area contributed by atoms with Crippen molar-refractivity contribution in [2.24, 2.45) is 0 Å². The molecule has 0 radical (unpaired) electrons. The van der Waals surface area contributed by atoms with Crippen molar-refractivity contribution >= 4 is 0 Å². The zero-order valence-corrected chi connectivity index (χ0v) is 7.55. The van der Waals surface area contributed by atoms with Crippen molar-refractivity contribution in [1.29, 1.82) is 0 Å². The Bertz CT molecular complexity index is 175. The zero-order chi connectivity index (χ0) is 8.69. The Balaban J connectivity index is 3.85. The number of ether oxygens (including phenoxy) is 1. The van der Waals surface area contributed by atoms with E-state index in [1.165, 1.54) is 5.57 Å². The normalized spacial score (nSPS) is 12.5. The molecule has 0 aromatic heterocycles. The third kappa shape index (κ3) is 7.07. The molecule has 0 atom stereocenters. The van der Waals surface area contributed by atoms with Crippen LogP contribution in [0.3, 0.4) is 0 Å². The van der Waals surface area contributed by atoms with E-state index in [2.05, 4.69) is 6.58 Å². The van der Waals surface area contributed by atoms with Crippen molar-refractivity contribution in [3.63, 3.8) is 0 Å². The van der Waals surface area contributed by atoms with Gasteiger partial charge in [0, 0.05) is 7.11 Å². The molecule has 0 aromatic carbocycles. The average molecular weight is 152 g/mol. The minimum Gasteiger partial charge on any atom is -0.381 e. The lowest BCUT2D eigenvalue weighted by Crippen LogP contribution is -1.80. The summed E-state index contributed by atoms with van der Waals surface area (Å²) in [6.45, 7) is 8.47. The summed E-state index contributed by atoms with van der Waals surface area (Å²) in [5.41, 5.74) is 2.28. The molecular weight excluding hydrogens is 136 g/mol. The number of allylic oxidation sites excluding steroid dienone is 4. The van der Waals surface area contributed by atoms with E-state index in [1.54, 1.807) is 7.11 Å². The second-order valence-corrected chi connectivity index (χ2v) is 2.59. The highest BCUT2D eigenvalue weighted by atomic mass is 16.5. The Morgan fingerprint density at radius 1 is 1.45 bits per heavy atom. The fourth-order valence-electron chi connectivity index (χ4n) is 0.767. The summed E-state index contributed by atoms with van der Waals surface area (Å²) in [6, 6.07) is 0. The lowest BCUT2D eigenvalue weighted by atomic mass is 10.2. The second-order valence-electron chi connectivity index (χ2n) is 2.59. The molecular formula is C10H16O. The molecule has 0 unspecified atom stereocenters. The molecule has 0 aliphatic heterocycles. The summed E-state index contributed by atoms with van der Waals surface area (Å²) in [5, 5.41) is 0. The average Bonchev–Trinajstić information content (AvgIpc) is 1.86. The molecule has 0 fully saturated rings. The van der Waals surface area contributed by atoms with E-state index in [-0.39, 0.29) is 0 Å². The molecule has 0 aliphatic rings. The van der Waals surface area contributed by atoms with E-state index in [4.69, 9.17) is 4.74 Å². The highest BCUT2D eigenvalue weighted by molar-refractivity contribution is 5.25. The Labute approximate surface area is 69.1 Å². The van der Waals surface area contributed by atoms with Crippen LogP contribution in [0.4, 0.5) is 0 Å². The monoisotopic (exact) mass is 152 g/mol. The highest BCUT2D eigenvalue weighted by Gasteiger charge is 1.80. The molecule has 11 heavy (non-hydrogen) atoms. The SMILES string of the molecule is C=C(C)/C=C(C)\C=C/COC. The van der Waals surface area contributed by atoms with Gasteiger partial charge in [0.15, 0.2) is 0 Å². The van der Waals surface area contributed by atoms with Crippen molar-refractivity contribution in [3.05, 3.63) is 36.0 Å². The van der Waals surface area contributed by atoms with Gasteiger partial charge in [0.2, 0.25) is 0 Å². The van der Waals surface area contributed by atoms with Crippen LogP contribution in [0.5, 0.6) is 0 Å². The maximum absolute atomic E-state index is 4.86. The molecule has 0 saturated carbocycles. The van der Waals surface area contributed by atoms with Gasteiger partial charge in [0.25, 0.3) is 0 Å². The molecule has 0 aliphatic carbocycles. The molecule has 0 rings (SSSR count). The fourth-order valence-corrected chi connectivity index (χ4v) is 0.767. The number of methoxy groups -OCH3 is 1. The molecule has 0 aromatic rings. The van der Waals surface area contributed by atoms with Crippen molar-refractivity contribution in [2.75, 3.05) is 13.7 Å². The van der Waals surface area contributed by atoms with Gasteiger partial charge in [-0.25, -0.2) is 0 Å². The lowest BCUT2D eigenvalue weighted by Gasteiger charge is -1.92. The topological polar surface area (TPSA) is 9.23 Å². The van der Waals surface area contributed by atoms with Gasteiger partial charge in [-0.1, -0.05) is 36.0 Å². The van der Waals surface area contributed by atoms with Crippen molar-refractivity contribution in [2.45, 2.75) is 13.8 Å². The van der Waals surface area contributed by atoms with Gasteiger partial charge in [-0.15, -0.1) is 0 Å². The van der Waals surface area contributed by atoms with Gasteiger partial charge in [-0.2, -0.15) is 0 Å². The first-order valence-electron chi connectivity index (χ1n) is 3.66. The molecule has 0 amide bonds. The van der Waals surface area contributed by atoms with Crippen molar-refractivity contribution < 1.29 is 4.74 Å². The van der Waals surface area contributed by atoms with E-state index in [0.29, 0.717) is 6.61 Å². The van der Waals surface area contributed by atoms with E-state index in [1.807, 2.05) is 32.1 Å². The first-order valence-corrected chi connectivity index (χ1v) is 3.66. The van der Waals surface area contributed by atoms with Crippen molar-refractivity contribution in [3.8, 4) is 0 Å². The zero-order valence-electron chi connectivity index (χ0n) is 7.55. The van der Waals surface area contributed by atoms with Crippen LogP contribution in [0.25, 0.3) is 0 Å². The number of hydrogen-bond donors (Lipinski definition) is 0. The predicted octanol–water partition coefficient (Wildman–Crippen LogP) is 2.71. The van der Waals surface area contributed by atoms with Crippen LogP contribution >= 0.6 is 0 Å². The molecule has 0 heterocycles. The molecule has 1 heteroatoms. The van der Waals surface area contributed by atoms with Gasteiger partial charge in [0.05, 0.1) is 6.61 Å². The third-order valence-electron chi connectivity index (χ3n) is 1.12. The van der Waals surface area contributed by atoms with Gasteiger partial charge >= 0.3 is 0 Å². The van der Waals surface area contributed by atoms with E-state index >= 15 is 0 Å². The Kier molecular flexibility index (Phi) is 5.49. The van der Waals surface area contributed by atoms with Crippen molar-refractivity contribution in [1.82, 2.24) is 0 Å². The van der Waals surface area contributed by atoms with Gasteiger partial charge in [0.1, 0.15) is 0 Å². The minimum atomic E-state index is 0.668. The summed E-state index contributed by atoms with van der Waals surface area (Å²) in [7, 11) is 1.68. The summed E-state index contributed by atoms with van der Waals surface area (Å²) < 4.78 is 4.86. The Hall–Kier alpha value is -0.820. The van der Waals surface area contributed by atoms with Crippen LogP contribution in [-0.4, -0.2) is 13.7 Å². The molecule has 1 nitrogen and oxygen atoms in total. The molecule has 62 valence electrons.